The second kappa shape index (κ2) is 8.02. The molecule has 0 aromatic heterocycles. The van der Waals surface area contributed by atoms with Gasteiger partial charge in [-0.2, -0.15) is 4.31 Å². The van der Waals surface area contributed by atoms with E-state index in [2.05, 4.69) is 6.58 Å². The topological polar surface area (TPSA) is 87.2 Å². The molecule has 1 amide bonds. The van der Waals surface area contributed by atoms with Crippen LogP contribution >= 0.6 is 23.2 Å². The summed E-state index contributed by atoms with van der Waals surface area (Å²) < 4.78 is 32.9. The average Bonchev–Trinajstić information content (AvgIpc) is 2.72. The van der Waals surface area contributed by atoms with E-state index in [0.29, 0.717) is 12.0 Å². The second-order valence-electron chi connectivity index (χ2n) is 7.54. The van der Waals surface area contributed by atoms with E-state index < -0.39 is 22.2 Å². The number of ether oxygens (including phenoxy) is 1. The number of hydrogen-bond donors (Lipinski definition) is 1. The van der Waals surface area contributed by atoms with E-state index in [-0.39, 0.29) is 40.4 Å². The Morgan fingerprint density at radius 1 is 1.23 bits per heavy atom. The third kappa shape index (κ3) is 3.78. The third-order valence-corrected chi connectivity index (χ3v) is 7.95. The van der Waals surface area contributed by atoms with E-state index in [4.69, 9.17) is 27.9 Å². The number of benzene rings is 2. The predicted molar refractivity (Wildman–Crippen MR) is 118 cm³/mol. The van der Waals surface area contributed by atoms with E-state index in [1.807, 2.05) is 25.1 Å². The number of nitrogens with zero attached hydrogens (tertiary/aromatic N) is 2. The predicted octanol–water partition coefficient (Wildman–Crippen LogP) is 4.48. The van der Waals surface area contributed by atoms with Gasteiger partial charge in [-0.05, 0) is 36.6 Å². The number of para-hydroxylation sites is 1. The van der Waals surface area contributed by atoms with Crippen molar-refractivity contribution in [2.75, 3.05) is 18.0 Å². The van der Waals surface area contributed by atoms with Crippen molar-refractivity contribution in [3.63, 3.8) is 0 Å². The Balaban J connectivity index is 1.62. The lowest BCUT2D eigenvalue weighted by Crippen LogP contribution is -2.51. The minimum atomic E-state index is -3.94. The van der Waals surface area contributed by atoms with Crippen molar-refractivity contribution >= 4 is 45.0 Å². The highest BCUT2D eigenvalue weighted by Crippen LogP contribution is 2.38. The molecule has 164 valence electrons. The van der Waals surface area contributed by atoms with Crippen molar-refractivity contribution in [2.24, 2.45) is 0 Å². The van der Waals surface area contributed by atoms with Crippen LogP contribution in [0.15, 0.2) is 47.4 Å². The molecule has 7 nitrogen and oxygen atoms in total. The number of cyclic esters (lactones) is 1. The van der Waals surface area contributed by atoms with Gasteiger partial charge in [-0.3, -0.25) is 4.90 Å². The number of phenolic OH excluding ortho intramolecular Hbond substituents is 1. The minimum absolute atomic E-state index is 0.0219. The molecule has 10 heteroatoms. The highest BCUT2D eigenvalue weighted by molar-refractivity contribution is 7.89. The lowest BCUT2D eigenvalue weighted by atomic mass is 9.96. The molecule has 1 unspecified atom stereocenters. The zero-order chi connectivity index (χ0) is 22.5. The van der Waals surface area contributed by atoms with Crippen molar-refractivity contribution < 1.29 is 23.1 Å². The zero-order valence-corrected chi connectivity index (χ0v) is 19.0. The first kappa shape index (κ1) is 22.0. The SMILES string of the molecule is C=C1CN(S(=O)(=O)c2cc(Cl)c(O)c(Cl)c2)CCC1N1C(=O)OCc2cccc(C)c21. The first-order valence-electron chi connectivity index (χ1n) is 9.51. The molecule has 0 spiro atoms. The number of phenols is 1. The lowest BCUT2D eigenvalue weighted by Gasteiger charge is -2.41. The fraction of sp³-hybridized carbons (Fsp3) is 0.286. The van der Waals surface area contributed by atoms with Crippen molar-refractivity contribution in [1.82, 2.24) is 4.31 Å². The number of amides is 1. The quantitative estimate of drug-likeness (QED) is 0.651. The largest absolute Gasteiger partial charge is 0.505 e. The van der Waals surface area contributed by atoms with Crippen LogP contribution in [0.5, 0.6) is 5.75 Å². The van der Waals surface area contributed by atoms with Crippen LogP contribution in [-0.2, 0) is 21.4 Å². The Morgan fingerprint density at radius 2 is 1.90 bits per heavy atom. The monoisotopic (exact) mass is 482 g/mol. The smallest absolute Gasteiger partial charge is 0.415 e. The van der Waals surface area contributed by atoms with Gasteiger partial charge in [0, 0.05) is 18.7 Å². The molecule has 1 fully saturated rings. The Hall–Kier alpha value is -2.26. The van der Waals surface area contributed by atoms with Gasteiger partial charge in [0.25, 0.3) is 0 Å². The van der Waals surface area contributed by atoms with Crippen LogP contribution in [0, 0.1) is 6.92 Å². The number of anilines is 1. The highest BCUT2D eigenvalue weighted by Gasteiger charge is 2.39. The number of carbonyl (C=O) groups excluding carboxylic acids is 1. The van der Waals surface area contributed by atoms with Gasteiger partial charge in [-0.1, -0.05) is 48.0 Å². The van der Waals surface area contributed by atoms with E-state index in [1.165, 1.54) is 4.31 Å². The first-order chi connectivity index (χ1) is 14.6. The van der Waals surface area contributed by atoms with Gasteiger partial charge in [0.2, 0.25) is 10.0 Å². The molecule has 0 radical (unpaired) electrons. The summed E-state index contributed by atoms with van der Waals surface area (Å²) >= 11 is 11.8. The van der Waals surface area contributed by atoms with Crippen molar-refractivity contribution in [2.45, 2.75) is 30.9 Å². The molecular weight excluding hydrogens is 463 g/mol. The van der Waals surface area contributed by atoms with E-state index in [1.54, 1.807) is 4.90 Å². The van der Waals surface area contributed by atoms with Gasteiger partial charge >= 0.3 is 6.09 Å². The number of piperidine rings is 1. The van der Waals surface area contributed by atoms with Crippen LogP contribution in [0.4, 0.5) is 10.5 Å². The normalized spacial score (nSPS) is 19.8. The zero-order valence-electron chi connectivity index (χ0n) is 16.6. The van der Waals surface area contributed by atoms with Crippen LogP contribution in [0.3, 0.4) is 0 Å². The summed E-state index contributed by atoms with van der Waals surface area (Å²) in [5.74, 6) is -0.372. The van der Waals surface area contributed by atoms with Crippen LogP contribution < -0.4 is 4.90 Å². The molecule has 0 bridgehead atoms. The molecule has 1 N–H and O–H groups in total. The van der Waals surface area contributed by atoms with Gasteiger partial charge in [-0.25, -0.2) is 13.2 Å². The molecule has 2 aliphatic rings. The van der Waals surface area contributed by atoms with Gasteiger partial charge in [0.05, 0.1) is 26.7 Å². The molecule has 31 heavy (non-hydrogen) atoms. The molecule has 2 aliphatic heterocycles. The third-order valence-electron chi connectivity index (χ3n) is 5.55. The Labute approximate surface area is 190 Å². The maximum absolute atomic E-state index is 13.1. The summed E-state index contributed by atoms with van der Waals surface area (Å²) in [4.78, 5) is 14.1. The number of rotatable bonds is 3. The lowest BCUT2D eigenvalue weighted by molar-refractivity contribution is 0.138. The summed E-state index contributed by atoms with van der Waals surface area (Å²) in [6.07, 6.45) is -0.123. The van der Waals surface area contributed by atoms with Crippen LogP contribution in [0.2, 0.25) is 10.0 Å². The number of aryl methyl sites for hydroxylation is 1. The second-order valence-corrected chi connectivity index (χ2v) is 10.3. The van der Waals surface area contributed by atoms with E-state index in [9.17, 15) is 18.3 Å². The fourth-order valence-electron chi connectivity index (χ4n) is 4.00. The number of fused-ring (bicyclic) bond motifs is 1. The van der Waals surface area contributed by atoms with Crippen molar-refractivity contribution in [3.05, 3.63) is 63.7 Å². The van der Waals surface area contributed by atoms with Crippen molar-refractivity contribution in [3.8, 4) is 5.75 Å². The van der Waals surface area contributed by atoms with E-state index >= 15 is 0 Å². The molecule has 1 saturated heterocycles. The van der Waals surface area contributed by atoms with Crippen LogP contribution in [0.1, 0.15) is 17.5 Å². The molecule has 2 heterocycles. The first-order valence-corrected chi connectivity index (χ1v) is 11.7. The number of halogens is 2. The molecule has 1 atom stereocenters. The Morgan fingerprint density at radius 3 is 2.55 bits per heavy atom. The molecule has 2 aromatic rings. The summed E-state index contributed by atoms with van der Waals surface area (Å²) in [6.45, 7) is 6.37. The molecular formula is C21H20Cl2N2O5S. The Bertz CT molecular complexity index is 1180. The van der Waals surface area contributed by atoms with Gasteiger partial charge in [0.15, 0.2) is 5.75 Å². The summed E-state index contributed by atoms with van der Waals surface area (Å²) in [6, 6.07) is 7.66. The standard InChI is InChI=1S/C21H20Cl2N2O5S/c1-12-4-3-5-14-11-30-21(27)25(19(12)14)18-6-7-24(10-13(18)2)31(28,29)15-8-16(22)20(26)17(23)9-15/h3-5,8-9,18,26H,2,6-7,10-11H2,1H3. The molecule has 0 aliphatic carbocycles. The molecule has 2 aromatic carbocycles. The fourth-order valence-corrected chi connectivity index (χ4v) is 6.13. The number of sulfonamides is 1. The maximum Gasteiger partial charge on any atom is 0.415 e. The van der Waals surface area contributed by atoms with Gasteiger partial charge < -0.3 is 9.84 Å². The highest BCUT2D eigenvalue weighted by atomic mass is 35.5. The van der Waals surface area contributed by atoms with Gasteiger partial charge in [-0.15, -0.1) is 0 Å². The number of aromatic hydroxyl groups is 1. The number of hydrogen-bond acceptors (Lipinski definition) is 5. The maximum atomic E-state index is 13.1. The van der Waals surface area contributed by atoms with Crippen LogP contribution in [0.25, 0.3) is 0 Å². The Kier molecular flexibility index (Phi) is 5.68. The van der Waals surface area contributed by atoms with Crippen molar-refractivity contribution in [1.29, 1.82) is 0 Å². The summed E-state index contributed by atoms with van der Waals surface area (Å²) in [5.41, 5.74) is 3.19. The average molecular weight is 483 g/mol. The minimum Gasteiger partial charge on any atom is -0.505 e. The van der Waals surface area contributed by atoms with E-state index in [0.717, 1.165) is 28.9 Å². The number of carbonyl (C=O) groups is 1. The molecule has 0 saturated carbocycles. The molecule has 4 rings (SSSR count). The summed E-state index contributed by atoms with van der Waals surface area (Å²) in [7, 11) is -3.94. The van der Waals surface area contributed by atoms with Crippen LogP contribution in [-0.4, -0.2) is 43.1 Å². The van der Waals surface area contributed by atoms with Gasteiger partial charge in [0.1, 0.15) is 6.61 Å². The summed E-state index contributed by atoms with van der Waals surface area (Å²) in [5, 5.41) is 9.42.